The Morgan fingerprint density at radius 1 is 1.62 bits per heavy atom. The zero-order chi connectivity index (χ0) is 12.0. The second-order valence-corrected chi connectivity index (χ2v) is 3.92. The molecule has 0 spiro atoms. The number of aromatic nitrogens is 1. The third-order valence-electron chi connectivity index (χ3n) is 2.59. The Morgan fingerprint density at radius 2 is 2.38 bits per heavy atom. The number of hydrogen-bond donors (Lipinski definition) is 1. The second kappa shape index (κ2) is 6.05. The minimum Gasteiger partial charge on any atom is -0.478 e. The highest BCUT2D eigenvalue weighted by molar-refractivity contribution is 5.80. The minimum absolute atomic E-state index is 0.351. The third kappa shape index (κ3) is 3.85. The smallest absolute Gasteiger partial charge is 0.328 e. The summed E-state index contributed by atoms with van der Waals surface area (Å²) in [4.78, 5) is 14.6. The van der Waals surface area contributed by atoms with Crippen molar-refractivity contribution in [2.45, 2.75) is 32.6 Å². The summed E-state index contributed by atoms with van der Waals surface area (Å²) in [6.45, 7) is 3.96. The molecule has 0 aliphatic heterocycles. The average molecular weight is 219 g/mol. The van der Waals surface area contributed by atoms with Gasteiger partial charge in [0.15, 0.2) is 0 Å². The standard InChI is InChI=1S/C13H17NO2/c1-3-11(7-10(2)8-13(15)16)12-5-4-6-14-9-12/h4-6,8-9,11H,3,7H2,1-2H3,(H,15,16)/b10-8+. The molecule has 1 rings (SSSR count). The highest BCUT2D eigenvalue weighted by atomic mass is 16.4. The number of pyridine rings is 1. The molecular formula is C13H17NO2. The molecule has 0 saturated heterocycles. The maximum atomic E-state index is 10.5. The van der Waals surface area contributed by atoms with Crippen molar-refractivity contribution in [2.24, 2.45) is 0 Å². The highest BCUT2D eigenvalue weighted by Crippen LogP contribution is 2.25. The molecular weight excluding hydrogens is 202 g/mol. The lowest BCUT2D eigenvalue weighted by atomic mass is 9.91. The molecule has 1 unspecified atom stereocenters. The fourth-order valence-corrected chi connectivity index (χ4v) is 1.77. The van der Waals surface area contributed by atoms with Crippen LogP contribution in [-0.4, -0.2) is 16.1 Å². The summed E-state index contributed by atoms with van der Waals surface area (Å²) < 4.78 is 0. The Balaban J connectivity index is 2.74. The van der Waals surface area contributed by atoms with Gasteiger partial charge < -0.3 is 5.11 Å². The quantitative estimate of drug-likeness (QED) is 0.774. The van der Waals surface area contributed by atoms with Crippen LogP contribution in [0.1, 0.15) is 38.2 Å². The molecule has 1 heterocycles. The summed E-state index contributed by atoms with van der Waals surface area (Å²) in [5.41, 5.74) is 2.06. The van der Waals surface area contributed by atoms with Crippen molar-refractivity contribution >= 4 is 5.97 Å². The van der Waals surface area contributed by atoms with E-state index in [1.54, 1.807) is 6.20 Å². The molecule has 0 aliphatic carbocycles. The Labute approximate surface area is 95.8 Å². The molecule has 0 aromatic carbocycles. The number of hydrogen-bond acceptors (Lipinski definition) is 2. The summed E-state index contributed by atoms with van der Waals surface area (Å²) in [5.74, 6) is -0.525. The zero-order valence-electron chi connectivity index (χ0n) is 9.68. The average Bonchev–Trinajstić information content (AvgIpc) is 2.26. The molecule has 0 saturated carbocycles. The number of carbonyl (C=O) groups is 1. The minimum atomic E-state index is -0.876. The van der Waals surface area contributed by atoms with E-state index in [1.807, 2.05) is 25.3 Å². The molecule has 0 radical (unpaired) electrons. The van der Waals surface area contributed by atoms with Crippen LogP contribution in [0.15, 0.2) is 36.2 Å². The topological polar surface area (TPSA) is 50.2 Å². The van der Waals surface area contributed by atoms with Gasteiger partial charge in [-0.2, -0.15) is 0 Å². The lowest BCUT2D eigenvalue weighted by molar-refractivity contribution is -0.131. The van der Waals surface area contributed by atoms with Crippen LogP contribution in [0.2, 0.25) is 0 Å². The molecule has 16 heavy (non-hydrogen) atoms. The molecule has 86 valence electrons. The number of rotatable bonds is 5. The van der Waals surface area contributed by atoms with Gasteiger partial charge in [0.2, 0.25) is 0 Å². The van der Waals surface area contributed by atoms with Crippen molar-refractivity contribution in [1.82, 2.24) is 4.98 Å². The van der Waals surface area contributed by atoms with E-state index < -0.39 is 5.97 Å². The molecule has 0 fully saturated rings. The summed E-state index contributed by atoms with van der Waals surface area (Å²) in [6, 6.07) is 3.95. The molecule has 3 heteroatoms. The van der Waals surface area contributed by atoms with Crippen molar-refractivity contribution in [3.05, 3.63) is 41.7 Å². The lowest BCUT2D eigenvalue weighted by Gasteiger charge is -2.14. The van der Waals surface area contributed by atoms with Crippen LogP contribution < -0.4 is 0 Å². The first-order valence-corrected chi connectivity index (χ1v) is 5.43. The van der Waals surface area contributed by atoms with Gasteiger partial charge in [-0.05, 0) is 37.3 Å². The molecule has 0 bridgehead atoms. The maximum absolute atomic E-state index is 10.5. The van der Waals surface area contributed by atoms with Crippen LogP contribution in [0, 0.1) is 0 Å². The van der Waals surface area contributed by atoms with E-state index in [1.165, 1.54) is 11.6 Å². The molecule has 1 atom stereocenters. The molecule has 1 aromatic rings. The monoisotopic (exact) mass is 219 g/mol. The van der Waals surface area contributed by atoms with Crippen LogP contribution in [0.4, 0.5) is 0 Å². The number of allylic oxidation sites excluding steroid dienone is 1. The fraction of sp³-hybridized carbons (Fsp3) is 0.385. The molecule has 0 aliphatic rings. The van der Waals surface area contributed by atoms with Gasteiger partial charge in [0.25, 0.3) is 0 Å². The maximum Gasteiger partial charge on any atom is 0.328 e. The predicted octanol–water partition coefficient (Wildman–Crippen LogP) is 3.00. The fourth-order valence-electron chi connectivity index (χ4n) is 1.77. The first kappa shape index (κ1) is 12.4. The van der Waals surface area contributed by atoms with Gasteiger partial charge in [-0.3, -0.25) is 4.98 Å². The summed E-state index contributed by atoms with van der Waals surface area (Å²) in [7, 11) is 0. The van der Waals surface area contributed by atoms with Gasteiger partial charge in [-0.15, -0.1) is 0 Å². The molecule has 3 nitrogen and oxygen atoms in total. The van der Waals surface area contributed by atoms with Gasteiger partial charge in [0.05, 0.1) is 0 Å². The van der Waals surface area contributed by atoms with Gasteiger partial charge in [0, 0.05) is 18.5 Å². The lowest BCUT2D eigenvalue weighted by Crippen LogP contribution is -2.00. The normalized spacial score (nSPS) is 13.5. The van der Waals surface area contributed by atoms with Crippen LogP contribution in [0.5, 0.6) is 0 Å². The van der Waals surface area contributed by atoms with Crippen molar-refractivity contribution in [3.8, 4) is 0 Å². The first-order valence-electron chi connectivity index (χ1n) is 5.43. The Morgan fingerprint density at radius 3 is 2.88 bits per heavy atom. The van der Waals surface area contributed by atoms with Crippen LogP contribution in [0.3, 0.4) is 0 Å². The largest absolute Gasteiger partial charge is 0.478 e. The van der Waals surface area contributed by atoms with Gasteiger partial charge in [-0.25, -0.2) is 4.79 Å². The van der Waals surface area contributed by atoms with E-state index in [0.29, 0.717) is 5.92 Å². The van der Waals surface area contributed by atoms with E-state index in [0.717, 1.165) is 18.4 Å². The zero-order valence-corrected chi connectivity index (χ0v) is 9.68. The van der Waals surface area contributed by atoms with Crippen LogP contribution in [-0.2, 0) is 4.79 Å². The Bertz CT molecular complexity index is 371. The van der Waals surface area contributed by atoms with E-state index >= 15 is 0 Å². The van der Waals surface area contributed by atoms with Crippen molar-refractivity contribution in [1.29, 1.82) is 0 Å². The Kier molecular flexibility index (Phi) is 4.70. The van der Waals surface area contributed by atoms with E-state index in [4.69, 9.17) is 5.11 Å². The molecule has 1 aromatic heterocycles. The van der Waals surface area contributed by atoms with Gasteiger partial charge >= 0.3 is 5.97 Å². The van der Waals surface area contributed by atoms with E-state index in [2.05, 4.69) is 11.9 Å². The number of carboxylic acid groups (broad SMARTS) is 1. The molecule has 0 amide bonds. The first-order chi connectivity index (χ1) is 7.63. The SMILES string of the molecule is CCC(C/C(C)=C/C(=O)O)c1cccnc1. The summed E-state index contributed by atoms with van der Waals surface area (Å²) in [6.07, 6.45) is 6.63. The van der Waals surface area contributed by atoms with Crippen molar-refractivity contribution < 1.29 is 9.90 Å². The highest BCUT2D eigenvalue weighted by Gasteiger charge is 2.10. The number of aliphatic carboxylic acids is 1. The van der Waals surface area contributed by atoms with Crippen molar-refractivity contribution in [3.63, 3.8) is 0 Å². The number of carboxylic acids is 1. The predicted molar refractivity (Wildman–Crippen MR) is 63.3 cm³/mol. The number of nitrogens with zero attached hydrogens (tertiary/aromatic N) is 1. The van der Waals surface area contributed by atoms with E-state index in [-0.39, 0.29) is 0 Å². The van der Waals surface area contributed by atoms with E-state index in [9.17, 15) is 4.79 Å². The summed E-state index contributed by atoms with van der Waals surface area (Å²) >= 11 is 0. The third-order valence-corrected chi connectivity index (χ3v) is 2.59. The van der Waals surface area contributed by atoms with Crippen LogP contribution in [0.25, 0.3) is 0 Å². The summed E-state index contributed by atoms with van der Waals surface area (Å²) in [5, 5.41) is 8.65. The second-order valence-electron chi connectivity index (χ2n) is 3.92. The van der Waals surface area contributed by atoms with Gasteiger partial charge in [0.1, 0.15) is 0 Å². The van der Waals surface area contributed by atoms with Gasteiger partial charge in [-0.1, -0.05) is 18.6 Å². The van der Waals surface area contributed by atoms with Crippen molar-refractivity contribution in [2.75, 3.05) is 0 Å². The Hall–Kier alpha value is -1.64. The van der Waals surface area contributed by atoms with Crippen LogP contribution >= 0.6 is 0 Å². The molecule has 1 N–H and O–H groups in total.